The lowest BCUT2D eigenvalue weighted by Gasteiger charge is -2.25. The number of rotatable bonds is 4. The van der Waals surface area contributed by atoms with Crippen molar-refractivity contribution in [2.75, 3.05) is 4.90 Å². The monoisotopic (exact) mass is 365 g/mol. The van der Waals surface area contributed by atoms with Gasteiger partial charge in [-0.1, -0.05) is 52.9 Å². The Bertz CT molecular complexity index is 751. The summed E-state index contributed by atoms with van der Waals surface area (Å²) in [5, 5.41) is 0. The van der Waals surface area contributed by atoms with Gasteiger partial charge in [0.05, 0.1) is 0 Å². The van der Waals surface area contributed by atoms with Crippen LogP contribution >= 0.6 is 15.9 Å². The maximum absolute atomic E-state index is 4.13. The third kappa shape index (κ3) is 3.65. The standard InChI is InChI=1S/C21H20BrN/c1-16(2)23(21-14-10-19(22)11-15-21)20-12-8-18(9-13-20)17-6-4-3-5-7-17/h4,6-15H,1,3,5H2,2H3. The summed E-state index contributed by atoms with van der Waals surface area (Å²) in [6.45, 7) is 6.16. The molecule has 1 aliphatic carbocycles. The van der Waals surface area contributed by atoms with Gasteiger partial charge in [0.15, 0.2) is 0 Å². The number of allylic oxidation sites excluding steroid dienone is 5. The van der Waals surface area contributed by atoms with Gasteiger partial charge in [0.25, 0.3) is 0 Å². The summed E-state index contributed by atoms with van der Waals surface area (Å²) in [6, 6.07) is 17.0. The van der Waals surface area contributed by atoms with E-state index in [9.17, 15) is 0 Å². The molecule has 0 heterocycles. The summed E-state index contributed by atoms with van der Waals surface area (Å²) in [6.07, 6.45) is 9.04. The van der Waals surface area contributed by atoms with Gasteiger partial charge in [-0.3, -0.25) is 0 Å². The first-order valence-corrected chi connectivity index (χ1v) is 8.63. The topological polar surface area (TPSA) is 3.24 Å². The second-order valence-corrected chi connectivity index (χ2v) is 6.65. The highest BCUT2D eigenvalue weighted by Crippen LogP contribution is 2.31. The van der Waals surface area contributed by atoms with Crippen LogP contribution in [0, 0.1) is 0 Å². The average molecular weight is 366 g/mol. The van der Waals surface area contributed by atoms with Gasteiger partial charge in [0.2, 0.25) is 0 Å². The molecule has 0 fully saturated rings. The first kappa shape index (κ1) is 15.8. The average Bonchev–Trinajstić information content (AvgIpc) is 2.58. The van der Waals surface area contributed by atoms with Crippen LogP contribution in [-0.2, 0) is 0 Å². The zero-order valence-corrected chi connectivity index (χ0v) is 14.9. The lowest BCUT2D eigenvalue weighted by Crippen LogP contribution is -2.13. The molecule has 116 valence electrons. The fraction of sp³-hybridized carbons (Fsp3) is 0.143. The van der Waals surface area contributed by atoms with Crippen molar-refractivity contribution in [3.63, 3.8) is 0 Å². The van der Waals surface area contributed by atoms with Crippen LogP contribution in [0.1, 0.15) is 25.3 Å². The molecule has 2 aromatic carbocycles. The van der Waals surface area contributed by atoms with Crippen molar-refractivity contribution >= 4 is 32.9 Å². The number of hydrogen-bond acceptors (Lipinski definition) is 1. The molecule has 0 amide bonds. The van der Waals surface area contributed by atoms with Crippen LogP contribution in [0.5, 0.6) is 0 Å². The minimum atomic E-state index is 0.997. The van der Waals surface area contributed by atoms with E-state index in [0.29, 0.717) is 0 Å². The van der Waals surface area contributed by atoms with Gasteiger partial charge in [0, 0.05) is 21.5 Å². The highest BCUT2D eigenvalue weighted by atomic mass is 79.9. The van der Waals surface area contributed by atoms with Gasteiger partial charge in [-0.15, -0.1) is 0 Å². The van der Waals surface area contributed by atoms with Crippen LogP contribution in [0.15, 0.2) is 83.5 Å². The predicted molar refractivity (Wildman–Crippen MR) is 104 cm³/mol. The van der Waals surface area contributed by atoms with Crippen LogP contribution in [0.3, 0.4) is 0 Å². The van der Waals surface area contributed by atoms with E-state index >= 15 is 0 Å². The fourth-order valence-corrected chi connectivity index (χ4v) is 3.07. The van der Waals surface area contributed by atoms with Gasteiger partial charge < -0.3 is 4.90 Å². The Morgan fingerprint density at radius 1 is 0.957 bits per heavy atom. The maximum atomic E-state index is 4.13. The molecule has 0 spiro atoms. The molecule has 2 aromatic rings. The molecule has 0 aromatic heterocycles. The number of halogens is 1. The van der Waals surface area contributed by atoms with E-state index in [1.54, 1.807) is 0 Å². The Kier molecular flexibility index (Phi) is 4.82. The molecule has 2 heteroatoms. The highest BCUT2D eigenvalue weighted by molar-refractivity contribution is 9.10. The molecule has 0 bridgehead atoms. The summed E-state index contributed by atoms with van der Waals surface area (Å²) in [5.74, 6) is 0. The zero-order chi connectivity index (χ0) is 16.2. The third-order valence-corrected chi connectivity index (χ3v) is 4.45. The molecule has 0 saturated heterocycles. The smallest absolute Gasteiger partial charge is 0.0458 e. The van der Waals surface area contributed by atoms with Gasteiger partial charge in [-0.2, -0.15) is 0 Å². The van der Waals surface area contributed by atoms with E-state index in [2.05, 4.69) is 94.2 Å². The summed E-state index contributed by atoms with van der Waals surface area (Å²) in [5.41, 5.74) is 5.82. The largest absolute Gasteiger partial charge is 0.315 e. The number of hydrogen-bond donors (Lipinski definition) is 0. The van der Waals surface area contributed by atoms with Crippen molar-refractivity contribution in [1.29, 1.82) is 0 Å². The second kappa shape index (κ2) is 7.01. The SMILES string of the molecule is C=C(C)N(c1ccc(Br)cc1)c1ccc(C2=CCCC=C2)cc1. The normalized spacial score (nSPS) is 13.6. The maximum Gasteiger partial charge on any atom is 0.0458 e. The Morgan fingerprint density at radius 2 is 1.57 bits per heavy atom. The summed E-state index contributed by atoms with van der Waals surface area (Å²) in [4.78, 5) is 2.17. The fourth-order valence-electron chi connectivity index (χ4n) is 2.81. The van der Waals surface area contributed by atoms with E-state index in [0.717, 1.165) is 34.4 Å². The lowest BCUT2D eigenvalue weighted by molar-refractivity contribution is 1.04. The quantitative estimate of drug-likeness (QED) is 0.572. The predicted octanol–water partition coefficient (Wildman–Crippen LogP) is 6.85. The van der Waals surface area contributed by atoms with Gasteiger partial charge >= 0.3 is 0 Å². The second-order valence-electron chi connectivity index (χ2n) is 5.73. The molecule has 23 heavy (non-hydrogen) atoms. The van der Waals surface area contributed by atoms with Crippen LogP contribution in [0.4, 0.5) is 11.4 Å². The summed E-state index contributed by atoms with van der Waals surface area (Å²) in [7, 11) is 0. The molecule has 0 unspecified atom stereocenters. The van der Waals surface area contributed by atoms with E-state index in [1.807, 2.05) is 6.92 Å². The molecular formula is C21H20BrN. The van der Waals surface area contributed by atoms with E-state index in [1.165, 1.54) is 11.1 Å². The Morgan fingerprint density at radius 3 is 2.09 bits per heavy atom. The summed E-state index contributed by atoms with van der Waals surface area (Å²) < 4.78 is 1.08. The Balaban J connectivity index is 1.91. The molecule has 0 aliphatic heterocycles. The first-order chi connectivity index (χ1) is 11.1. The Hall–Kier alpha value is -2.06. The highest BCUT2D eigenvalue weighted by Gasteiger charge is 2.10. The molecular weight excluding hydrogens is 346 g/mol. The van der Waals surface area contributed by atoms with Crippen molar-refractivity contribution in [3.05, 3.63) is 89.1 Å². The van der Waals surface area contributed by atoms with E-state index < -0.39 is 0 Å². The van der Waals surface area contributed by atoms with Gasteiger partial charge in [0.1, 0.15) is 0 Å². The van der Waals surface area contributed by atoms with E-state index in [-0.39, 0.29) is 0 Å². The van der Waals surface area contributed by atoms with Gasteiger partial charge in [-0.05, 0) is 67.3 Å². The third-order valence-electron chi connectivity index (χ3n) is 3.92. The number of benzene rings is 2. The molecule has 0 radical (unpaired) electrons. The van der Waals surface area contributed by atoms with Crippen molar-refractivity contribution in [1.82, 2.24) is 0 Å². The Labute approximate surface area is 146 Å². The van der Waals surface area contributed by atoms with Crippen LogP contribution in [-0.4, -0.2) is 0 Å². The van der Waals surface area contributed by atoms with Crippen LogP contribution in [0.2, 0.25) is 0 Å². The van der Waals surface area contributed by atoms with Gasteiger partial charge in [-0.25, -0.2) is 0 Å². The molecule has 0 N–H and O–H groups in total. The molecule has 0 saturated carbocycles. The lowest BCUT2D eigenvalue weighted by atomic mass is 9.99. The molecule has 3 rings (SSSR count). The van der Waals surface area contributed by atoms with Crippen LogP contribution in [0.25, 0.3) is 5.57 Å². The van der Waals surface area contributed by atoms with Crippen molar-refractivity contribution in [2.24, 2.45) is 0 Å². The zero-order valence-electron chi connectivity index (χ0n) is 13.3. The minimum Gasteiger partial charge on any atom is -0.315 e. The molecule has 0 atom stereocenters. The molecule has 1 aliphatic rings. The van der Waals surface area contributed by atoms with Crippen molar-refractivity contribution < 1.29 is 0 Å². The minimum absolute atomic E-state index is 0.997. The molecule has 1 nitrogen and oxygen atoms in total. The van der Waals surface area contributed by atoms with E-state index in [4.69, 9.17) is 0 Å². The first-order valence-electron chi connectivity index (χ1n) is 7.83. The number of anilines is 2. The number of nitrogens with zero attached hydrogens (tertiary/aromatic N) is 1. The summed E-state index contributed by atoms with van der Waals surface area (Å²) >= 11 is 3.49. The van der Waals surface area contributed by atoms with Crippen molar-refractivity contribution in [3.8, 4) is 0 Å². The van der Waals surface area contributed by atoms with Crippen molar-refractivity contribution in [2.45, 2.75) is 19.8 Å². The van der Waals surface area contributed by atoms with Crippen LogP contribution < -0.4 is 4.90 Å².